The Bertz CT molecular complexity index is 1430. The summed E-state index contributed by atoms with van der Waals surface area (Å²) in [6.45, 7) is 10.7. The van der Waals surface area contributed by atoms with Crippen LogP contribution < -0.4 is 0 Å². The van der Waals surface area contributed by atoms with Gasteiger partial charge in [0, 0.05) is 63.8 Å². The Morgan fingerprint density at radius 2 is 1.89 bits per heavy atom. The molecule has 10 heteroatoms. The van der Waals surface area contributed by atoms with Crippen LogP contribution in [0.5, 0.6) is 0 Å². The van der Waals surface area contributed by atoms with E-state index in [0.29, 0.717) is 41.8 Å². The van der Waals surface area contributed by atoms with Gasteiger partial charge in [-0.2, -0.15) is 5.10 Å². The van der Waals surface area contributed by atoms with E-state index >= 15 is 0 Å². The van der Waals surface area contributed by atoms with Crippen LogP contribution in [0.3, 0.4) is 0 Å². The first-order chi connectivity index (χ1) is 17.1. The van der Waals surface area contributed by atoms with E-state index in [1.54, 1.807) is 37.1 Å². The van der Waals surface area contributed by atoms with Gasteiger partial charge < -0.3 is 14.4 Å². The molecular weight excluding hydrogens is 458 g/mol. The first kappa shape index (κ1) is 24.1. The smallest absolute Gasteiger partial charge is 0.254 e. The van der Waals surface area contributed by atoms with Crippen molar-refractivity contribution >= 4 is 16.8 Å². The third-order valence-electron chi connectivity index (χ3n) is 6.58. The summed E-state index contributed by atoms with van der Waals surface area (Å²) >= 11 is 0. The van der Waals surface area contributed by atoms with E-state index < -0.39 is 5.60 Å². The summed E-state index contributed by atoms with van der Waals surface area (Å²) < 4.78 is 7.10. The van der Waals surface area contributed by atoms with Crippen molar-refractivity contribution in [1.29, 1.82) is 0 Å². The Hall–Kier alpha value is -3.63. The van der Waals surface area contributed by atoms with Gasteiger partial charge in [0.25, 0.3) is 5.91 Å². The molecule has 0 atom stereocenters. The minimum absolute atomic E-state index is 0.0148. The Morgan fingerprint density at radius 1 is 1.14 bits per heavy atom. The number of aliphatic hydroxyl groups is 1. The van der Waals surface area contributed by atoms with Crippen LogP contribution in [0.1, 0.15) is 47.2 Å². The standard InChI is InChI=1S/C26H31N7O3/c1-16-12-22-20(23(30-31(22)5)21-6-7-27-25(29-21)26(3,4)35)13-19(16)24(34)33-10-8-32(9-11-33)14-18-15-36-17(2)28-18/h6-7,12-13,15,35H,8-11,14H2,1-5H3. The first-order valence-corrected chi connectivity index (χ1v) is 12.1. The molecule has 0 bridgehead atoms. The summed E-state index contributed by atoms with van der Waals surface area (Å²) in [5.74, 6) is 1.000. The number of fused-ring (bicyclic) bond motifs is 1. The number of aryl methyl sites for hydroxylation is 3. The molecule has 1 aliphatic heterocycles. The number of hydrogen-bond acceptors (Lipinski definition) is 8. The lowest BCUT2D eigenvalue weighted by Crippen LogP contribution is -2.48. The Balaban J connectivity index is 1.40. The molecule has 4 aromatic rings. The van der Waals surface area contributed by atoms with Crippen molar-refractivity contribution in [2.45, 2.75) is 39.8 Å². The van der Waals surface area contributed by atoms with Gasteiger partial charge in [-0.25, -0.2) is 15.0 Å². The number of amides is 1. The summed E-state index contributed by atoms with van der Waals surface area (Å²) in [5.41, 5.74) is 3.48. The monoisotopic (exact) mass is 489 g/mol. The zero-order valence-electron chi connectivity index (χ0n) is 21.3. The normalized spacial score (nSPS) is 15.1. The van der Waals surface area contributed by atoms with Gasteiger partial charge in [0.05, 0.1) is 16.9 Å². The van der Waals surface area contributed by atoms with E-state index in [1.807, 2.05) is 37.9 Å². The summed E-state index contributed by atoms with van der Waals surface area (Å²) in [6, 6.07) is 5.69. The molecule has 0 radical (unpaired) electrons. The lowest BCUT2D eigenvalue weighted by Gasteiger charge is -2.34. The summed E-state index contributed by atoms with van der Waals surface area (Å²) in [4.78, 5) is 30.9. The average molecular weight is 490 g/mol. The van der Waals surface area contributed by atoms with E-state index in [9.17, 15) is 9.90 Å². The third-order valence-corrected chi connectivity index (χ3v) is 6.58. The van der Waals surface area contributed by atoms with Gasteiger partial charge >= 0.3 is 0 Å². The molecular formula is C26H31N7O3. The molecule has 0 aliphatic carbocycles. The van der Waals surface area contributed by atoms with Crippen LogP contribution >= 0.6 is 0 Å². The van der Waals surface area contributed by atoms with Crippen LogP contribution in [0.4, 0.5) is 0 Å². The molecule has 1 aromatic carbocycles. The number of piperazine rings is 1. The fourth-order valence-corrected chi connectivity index (χ4v) is 4.60. The Morgan fingerprint density at radius 3 is 2.56 bits per heavy atom. The SMILES string of the molecule is Cc1nc(CN2CCN(C(=O)c3cc4c(-c5ccnc(C(C)(C)O)n5)nn(C)c4cc3C)CC2)co1. The van der Waals surface area contributed by atoms with E-state index in [1.165, 1.54) is 0 Å². The topological polar surface area (TPSA) is 113 Å². The molecule has 10 nitrogen and oxygen atoms in total. The van der Waals surface area contributed by atoms with Gasteiger partial charge in [-0.1, -0.05) is 0 Å². The maximum absolute atomic E-state index is 13.6. The molecule has 4 heterocycles. The highest BCUT2D eigenvalue weighted by atomic mass is 16.3. The number of carbonyl (C=O) groups is 1. The predicted octanol–water partition coefficient (Wildman–Crippen LogP) is 2.82. The van der Waals surface area contributed by atoms with Gasteiger partial charge in [0.15, 0.2) is 11.7 Å². The average Bonchev–Trinajstić information content (AvgIpc) is 3.40. The summed E-state index contributed by atoms with van der Waals surface area (Å²) in [6.07, 6.45) is 3.31. The first-order valence-electron chi connectivity index (χ1n) is 12.1. The molecule has 0 saturated carbocycles. The van der Waals surface area contributed by atoms with E-state index in [0.717, 1.165) is 41.8 Å². The maximum atomic E-state index is 13.6. The Labute approximate surface area is 209 Å². The summed E-state index contributed by atoms with van der Waals surface area (Å²) in [5, 5.41) is 15.9. The predicted molar refractivity (Wildman–Crippen MR) is 134 cm³/mol. The second-order valence-corrected chi connectivity index (χ2v) is 9.91. The van der Waals surface area contributed by atoms with Crippen LogP contribution in [-0.4, -0.2) is 71.7 Å². The molecule has 1 N–H and O–H groups in total. The van der Waals surface area contributed by atoms with Crippen LogP contribution in [0.25, 0.3) is 22.3 Å². The zero-order valence-corrected chi connectivity index (χ0v) is 21.3. The highest BCUT2D eigenvalue weighted by Gasteiger charge is 2.26. The molecule has 0 spiro atoms. The van der Waals surface area contributed by atoms with Gasteiger partial charge in [-0.05, 0) is 44.5 Å². The minimum atomic E-state index is -1.17. The van der Waals surface area contributed by atoms with Crippen molar-refractivity contribution in [3.63, 3.8) is 0 Å². The molecule has 3 aromatic heterocycles. The lowest BCUT2D eigenvalue weighted by atomic mass is 10.0. The van der Waals surface area contributed by atoms with Gasteiger partial charge in [-0.3, -0.25) is 14.4 Å². The van der Waals surface area contributed by atoms with Crippen molar-refractivity contribution in [3.05, 3.63) is 59.2 Å². The molecule has 36 heavy (non-hydrogen) atoms. The number of hydrogen-bond donors (Lipinski definition) is 1. The number of nitrogens with zero attached hydrogens (tertiary/aromatic N) is 7. The third kappa shape index (κ3) is 4.61. The molecule has 1 amide bonds. The van der Waals surface area contributed by atoms with Crippen LogP contribution in [-0.2, 0) is 19.2 Å². The molecule has 188 valence electrons. The molecule has 1 aliphatic rings. The van der Waals surface area contributed by atoms with E-state index in [4.69, 9.17) is 4.42 Å². The molecule has 5 rings (SSSR count). The quantitative estimate of drug-likeness (QED) is 0.455. The van der Waals surface area contributed by atoms with E-state index in [2.05, 4.69) is 25.0 Å². The maximum Gasteiger partial charge on any atom is 0.254 e. The van der Waals surface area contributed by atoms with Crippen molar-refractivity contribution in [1.82, 2.24) is 34.5 Å². The second kappa shape index (κ2) is 9.11. The van der Waals surface area contributed by atoms with Crippen molar-refractivity contribution in [2.24, 2.45) is 7.05 Å². The highest BCUT2D eigenvalue weighted by Crippen LogP contribution is 2.30. The largest absolute Gasteiger partial charge is 0.449 e. The van der Waals surface area contributed by atoms with E-state index in [-0.39, 0.29) is 5.91 Å². The van der Waals surface area contributed by atoms with Crippen molar-refractivity contribution in [3.8, 4) is 11.4 Å². The Kier molecular flexibility index (Phi) is 6.09. The van der Waals surface area contributed by atoms with Crippen LogP contribution in [0, 0.1) is 13.8 Å². The molecule has 1 saturated heterocycles. The fourth-order valence-electron chi connectivity index (χ4n) is 4.60. The number of rotatable bonds is 5. The minimum Gasteiger partial charge on any atom is -0.449 e. The van der Waals surface area contributed by atoms with Gasteiger partial charge in [0.1, 0.15) is 17.6 Å². The van der Waals surface area contributed by atoms with Crippen molar-refractivity contribution in [2.75, 3.05) is 26.2 Å². The lowest BCUT2D eigenvalue weighted by molar-refractivity contribution is 0.0626. The van der Waals surface area contributed by atoms with Crippen LogP contribution in [0.2, 0.25) is 0 Å². The van der Waals surface area contributed by atoms with Crippen LogP contribution in [0.15, 0.2) is 35.1 Å². The number of aromatic nitrogens is 5. The number of benzene rings is 1. The van der Waals surface area contributed by atoms with Gasteiger partial charge in [-0.15, -0.1) is 0 Å². The summed E-state index contributed by atoms with van der Waals surface area (Å²) in [7, 11) is 1.88. The number of oxazole rings is 1. The zero-order chi connectivity index (χ0) is 25.6. The highest BCUT2D eigenvalue weighted by molar-refractivity contribution is 6.02. The molecule has 0 unspecified atom stereocenters. The van der Waals surface area contributed by atoms with Gasteiger partial charge in [0.2, 0.25) is 0 Å². The fraction of sp³-hybridized carbons (Fsp3) is 0.423. The van der Waals surface area contributed by atoms with Crippen molar-refractivity contribution < 1.29 is 14.3 Å². The molecule has 1 fully saturated rings. The second-order valence-electron chi connectivity index (χ2n) is 9.91. The number of carbonyl (C=O) groups excluding carboxylic acids is 1.